The van der Waals surface area contributed by atoms with E-state index in [1.165, 1.54) is 52.0 Å². The van der Waals surface area contributed by atoms with Gasteiger partial charge in [-0.15, -0.1) is 0 Å². The molecule has 0 aliphatic carbocycles. The summed E-state index contributed by atoms with van der Waals surface area (Å²) >= 11 is 0. The van der Waals surface area contributed by atoms with Crippen LogP contribution < -0.4 is 5.32 Å². The van der Waals surface area contributed by atoms with E-state index in [0.29, 0.717) is 0 Å². The van der Waals surface area contributed by atoms with Crippen molar-refractivity contribution in [2.45, 2.75) is 26.2 Å². The van der Waals surface area contributed by atoms with Gasteiger partial charge in [0.25, 0.3) is 0 Å². The van der Waals surface area contributed by atoms with Crippen LogP contribution in [0.5, 0.6) is 0 Å². The minimum atomic E-state index is 0.851. The molecule has 0 aromatic carbocycles. The molecule has 0 radical (unpaired) electrons. The molecule has 1 aliphatic rings. The zero-order valence-corrected chi connectivity index (χ0v) is 9.43. The highest BCUT2D eigenvalue weighted by molar-refractivity contribution is 4.63. The Morgan fingerprint density at radius 3 is 2.57 bits per heavy atom. The van der Waals surface area contributed by atoms with Crippen LogP contribution in [-0.2, 0) is 4.74 Å². The van der Waals surface area contributed by atoms with Crippen molar-refractivity contribution in [3.05, 3.63) is 0 Å². The molecule has 1 saturated heterocycles. The van der Waals surface area contributed by atoms with Crippen LogP contribution in [0.4, 0.5) is 0 Å². The Kier molecular flexibility index (Phi) is 7.01. The van der Waals surface area contributed by atoms with Gasteiger partial charge in [-0.25, -0.2) is 0 Å². The fourth-order valence-corrected chi connectivity index (χ4v) is 1.85. The standard InChI is InChI=1S/C11H24N2O/c1-2-14-11-5-10-13-8-3-6-12-7-4-9-13/h12H,2-11H2,1H3. The molecule has 0 atom stereocenters. The number of nitrogens with zero attached hydrogens (tertiary/aromatic N) is 1. The topological polar surface area (TPSA) is 24.5 Å². The van der Waals surface area contributed by atoms with Gasteiger partial charge in [-0.05, 0) is 52.4 Å². The molecule has 1 aliphatic heterocycles. The first kappa shape index (κ1) is 12.0. The van der Waals surface area contributed by atoms with Crippen LogP contribution in [0.15, 0.2) is 0 Å². The van der Waals surface area contributed by atoms with Crippen LogP contribution >= 0.6 is 0 Å². The molecule has 3 nitrogen and oxygen atoms in total. The molecule has 0 aromatic rings. The summed E-state index contributed by atoms with van der Waals surface area (Å²) in [4.78, 5) is 2.57. The molecule has 1 fully saturated rings. The van der Waals surface area contributed by atoms with Crippen LogP contribution in [0.3, 0.4) is 0 Å². The van der Waals surface area contributed by atoms with Crippen molar-refractivity contribution in [3.63, 3.8) is 0 Å². The fourth-order valence-electron chi connectivity index (χ4n) is 1.85. The summed E-state index contributed by atoms with van der Waals surface area (Å²) in [6.45, 7) is 9.90. The molecule has 0 unspecified atom stereocenters. The summed E-state index contributed by atoms with van der Waals surface area (Å²) in [5, 5.41) is 3.43. The number of hydrogen-bond donors (Lipinski definition) is 1. The molecule has 0 spiro atoms. The van der Waals surface area contributed by atoms with Gasteiger partial charge in [-0.2, -0.15) is 0 Å². The van der Waals surface area contributed by atoms with Crippen molar-refractivity contribution in [3.8, 4) is 0 Å². The van der Waals surface area contributed by atoms with E-state index in [4.69, 9.17) is 4.74 Å². The van der Waals surface area contributed by atoms with E-state index >= 15 is 0 Å². The maximum atomic E-state index is 5.34. The molecule has 14 heavy (non-hydrogen) atoms. The maximum Gasteiger partial charge on any atom is 0.0478 e. The van der Waals surface area contributed by atoms with Gasteiger partial charge >= 0.3 is 0 Å². The summed E-state index contributed by atoms with van der Waals surface area (Å²) in [6.07, 6.45) is 3.75. The minimum Gasteiger partial charge on any atom is -0.382 e. The van der Waals surface area contributed by atoms with E-state index in [0.717, 1.165) is 13.2 Å². The second-order valence-electron chi connectivity index (χ2n) is 3.85. The van der Waals surface area contributed by atoms with E-state index in [-0.39, 0.29) is 0 Å². The van der Waals surface area contributed by atoms with Crippen LogP contribution in [-0.4, -0.2) is 50.8 Å². The van der Waals surface area contributed by atoms with E-state index < -0.39 is 0 Å². The number of hydrogen-bond acceptors (Lipinski definition) is 3. The Labute approximate surface area is 87.8 Å². The van der Waals surface area contributed by atoms with Crippen LogP contribution in [0, 0.1) is 0 Å². The number of rotatable bonds is 5. The first-order valence-electron chi connectivity index (χ1n) is 5.94. The molecular formula is C11H24N2O. The quantitative estimate of drug-likeness (QED) is 0.673. The maximum absolute atomic E-state index is 5.34. The highest BCUT2D eigenvalue weighted by atomic mass is 16.5. The SMILES string of the molecule is CCOCCCN1CCCNCCC1. The Hall–Kier alpha value is -0.120. The predicted molar refractivity (Wildman–Crippen MR) is 59.7 cm³/mol. The van der Waals surface area contributed by atoms with Crippen LogP contribution in [0.2, 0.25) is 0 Å². The van der Waals surface area contributed by atoms with Gasteiger partial charge in [0.05, 0.1) is 0 Å². The highest BCUT2D eigenvalue weighted by Gasteiger charge is 2.06. The summed E-state index contributed by atoms with van der Waals surface area (Å²) < 4.78 is 5.34. The number of ether oxygens (including phenoxy) is 1. The molecule has 1 rings (SSSR count). The van der Waals surface area contributed by atoms with Gasteiger partial charge in [0.2, 0.25) is 0 Å². The second-order valence-corrected chi connectivity index (χ2v) is 3.85. The molecule has 84 valence electrons. The van der Waals surface area contributed by atoms with Crippen molar-refractivity contribution >= 4 is 0 Å². The highest BCUT2D eigenvalue weighted by Crippen LogP contribution is 1.99. The third-order valence-electron chi connectivity index (χ3n) is 2.62. The van der Waals surface area contributed by atoms with Crippen molar-refractivity contribution < 1.29 is 4.74 Å². The number of nitrogens with one attached hydrogen (secondary N) is 1. The van der Waals surface area contributed by atoms with Gasteiger partial charge < -0.3 is 15.0 Å². The Morgan fingerprint density at radius 1 is 1.21 bits per heavy atom. The Bertz CT molecular complexity index is 122. The molecule has 1 N–H and O–H groups in total. The largest absolute Gasteiger partial charge is 0.382 e. The molecule has 3 heteroatoms. The van der Waals surface area contributed by atoms with E-state index in [2.05, 4.69) is 17.1 Å². The first-order valence-corrected chi connectivity index (χ1v) is 5.94. The monoisotopic (exact) mass is 200 g/mol. The predicted octanol–water partition coefficient (Wildman–Crippen LogP) is 1.10. The normalized spacial score (nSPS) is 20.4. The molecule has 0 bridgehead atoms. The van der Waals surface area contributed by atoms with Crippen molar-refractivity contribution in [2.24, 2.45) is 0 Å². The Morgan fingerprint density at radius 2 is 1.93 bits per heavy atom. The van der Waals surface area contributed by atoms with E-state index in [9.17, 15) is 0 Å². The van der Waals surface area contributed by atoms with Gasteiger partial charge in [0, 0.05) is 19.8 Å². The first-order chi connectivity index (χ1) is 6.93. The summed E-state index contributed by atoms with van der Waals surface area (Å²) in [5.74, 6) is 0. The lowest BCUT2D eigenvalue weighted by molar-refractivity contribution is 0.130. The molecule has 1 heterocycles. The zero-order chi connectivity index (χ0) is 10.1. The van der Waals surface area contributed by atoms with Crippen molar-refractivity contribution in [1.29, 1.82) is 0 Å². The average Bonchev–Trinajstić information content (AvgIpc) is 2.15. The smallest absolute Gasteiger partial charge is 0.0478 e. The summed E-state index contributed by atoms with van der Waals surface area (Å²) in [5.41, 5.74) is 0. The third kappa shape index (κ3) is 5.58. The van der Waals surface area contributed by atoms with E-state index in [1.807, 2.05) is 0 Å². The van der Waals surface area contributed by atoms with Gasteiger partial charge in [-0.3, -0.25) is 0 Å². The summed E-state index contributed by atoms with van der Waals surface area (Å²) in [6, 6.07) is 0. The third-order valence-corrected chi connectivity index (χ3v) is 2.62. The van der Waals surface area contributed by atoms with Crippen molar-refractivity contribution in [2.75, 3.05) is 45.9 Å². The van der Waals surface area contributed by atoms with Gasteiger partial charge in [0.1, 0.15) is 0 Å². The lowest BCUT2D eigenvalue weighted by Gasteiger charge is -2.24. The lowest BCUT2D eigenvalue weighted by Crippen LogP contribution is -2.34. The molecule has 0 amide bonds. The van der Waals surface area contributed by atoms with Crippen LogP contribution in [0.1, 0.15) is 26.2 Å². The zero-order valence-electron chi connectivity index (χ0n) is 9.43. The summed E-state index contributed by atoms with van der Waals surface area (Å²) in [7, 11) is 0. The van der Waals surface area contributed by atoms with E-state index in [1.54, 1.807) is 0 Å². The minimum absolute atomic E-state index is 0.851. The fraction of sp³-hybridized carbons (Fsp3) is 1.00. The molecule has 0 aromatic heterocycles. The van der Waals surface area contributed by atoms with Crippen LogP contribution in [0.25, 0.3) is 0 Å². The van der Waals surface area contributed by atoms with Gasteiger partial charge in [-0.1, -0.05) is 0 Å². The lowest BCUT2D eigenvalue weighted by atomic mass is 10.2. The average molecular weight is 200 g/mol. The van der Waals surface area contributed by atoms with Crippen molar-refractivity contribution in [1.82, 2.24) is 10.2 Å². The molecule has 0 saturated carbocycles. The Balaban J connectivity index is 2.02. The van der Waals surface area contributed by atoms with Gasteiger partial charge in [0.15, 0.2) is 0 Å². The molecular weight excluding hydrogens is 176 g/mol. The second kappa shape index (κ2) is 8.21.